The van der Waals surface area contributed by atoms with Crippen LogP contribution in [0.3, 0.4) is 0 Å². The molecule has 0 bridgehead atoms. The number of hydrogen-bond donors (Lipinski definition) is 1. The fourth-order valence-corrected chi connectivity index (χ4v) is 5.48. The lowest BCUT2D eigenvalue weighted by Crippen LogP contribution is -2.35. The second-order valence-electron chi connectivity index (χ2n) is 8.83. The van der Waals surface area contributed by atoms with Gasteiger partial charge in [-0.05, 0) is 24.0 Å². The lowest BCUT2D eigenvalue weighted by Gasteiger charge is -2.23. The summed E-state index contributed by atoms with van der Waals surface area (Å²) in [6.07, 6.45) is 6.19. The maximum atomic E-state index is 15.2. The minimum Gasteiger partial charge on any atom is -0.481 e. The maximum Gasteiger partial charge on any atom is 0.304 e. The van der Waals surface area contributed by atoms with E-state index in [0.29, 0.717) is 23.8 Å². The zero-order chi connectivity index (χ0) is 24.9. The topological polar surface area (TPSA) is 92.6 Å². The lowest BCUT2D eigenvalue weighted by molar-refractivity contribution is -0.140. The Balaban J connectivity index is 1.61. The van der Waals surface area contributed by atoms with Crippen LogP contribution in [0.15, 0.2) is 42.6 Å². The number of methoxy groups -OCH3 is 1. The van der Waals surface area contributed by atoms with Gasteiger partial charge < -0.3 is 9.84 Å². The van der Waals surface area contributed by atoms with Crippen LogP contribution < -0.4 is 9.64 Å². The Bertz CT molecular complexity index is 1190. The van der Waals surface area contributed by atoms with Crippen molar-refractivity contribution in [2.45, 2.75) is 38.5 Å². The molecule has 0 saturated heterocycles. The van der Waals surface area contributed by atoms with Gasteiger partial charge in [-0.15, -0.1) is 0 Å². The number of ether oxygens (including phenoxy) is 1. The van der Waals surface area contributed by atoms with Crippen molar-refractivity contribution < 1.29 is 23.8 Å². The molecule has 1 unspecified atom stereocenters. The number of rotatable bonds is 9. The Morgan fingerprint density at radius 1 is 1.20 bits per heavy atom. The van der Waals surface area contributed by atoms with E-state index < -0.39 is 17.0 Å². The minimum atomic E-state index is -1.01. The number of carboxylic acids is 1. The molecule has 0 radical (unpaired) electrons. The number of hydrogen-bond acceptors (Lipinski definition) is 6. The van der Waals surface area contributed by atoms with Crippen LogP contribution in [0.2, 0.25) is 0 Å². The SMILES string of the molecule is COc1ccc(-c2ccccc2-c2nc(N(C)C(=O)C(CC(=O)O)CC3CCCC3)sc2F)cn1. The van der Waals surface area contributed by atoms with E-state index >= 15 is 4.39 Å². The van der Waals surface area contributed by atoms with Gasteiger partial charge in [-0.2, -0.15) is 4.39 Å². The summed E-state index contributed by atoms with van der Waals surface area (Å²) in [7, 11) is 3.07. The molecule has 35 heavy (non-hydrogen) atoms. The van der Waals surface area contributed by atoms with Gasteiger partial charge in [0.1, 0.15) is 5.69 Å². The highest BCUT2D eigenvalue weighted by molar-refractivity contribution is 7.14. The highest BCUT2D eigenvalue weighted by Crippen LogP contribution is 2.38. The summed E-state index contributed by atoms with van der Waals surface area (Å²) >= 11 is 0.779. The number of pyridine rings is 1. The van der Waals surface area contributed by atoms with Crippen molar-refractivity contribution in [3.8, 4) is 28.3 Å². The van der Waals surface area contributed by atoms with E-state index in [1.807, 2.05) is 18.2 Å². The van der Waals surface area contributed by atoms with Crippen LogP contribution in [-0.4, -0.2) is 41.1 Å². The van der Waals surface area contributed by atoms with Crippen molar-refractivity contribution in [2.24, 2.45) is 11.8 Å². The number of thiazole rings is 1. The average Bonchev–Trinajstić information content (AvgIpc) is 3.52. The molecule has 0 spiro atoms. The third-order valence-corrected chi connectivity index (χ3v) is 7.41. The molecule has 1 aromatic carbocycles. The number of aliphatic carboxylic acids is 1. The molecule has 1 fully saturated rings. The molecule has 2 heterocycles. The molecule has 3 aromatic rings. The molecule has 0 aliphatic heterocycles. The second-order valence-corrected chi connectivity index (χ2v) is 9.76. The van der Waals surface area contributed by atoms with Crippen LogP contribution in [0.4, 0.5) is 9.52 Å². The third kappa shape index (κ3) is 5.67. The zero-order valence-corrected chi connectivity index (χ0v) is 20.6. The minimum absolute atomic E-state index is 0.140. The Labute approximate surface area is 207 Å². The predicted octanol–water partition coefficient (Wildman–Crippen LogP) is 5.65. The smallest absolute Gasteiger partial charge is 0.304 e. The number of nitrogens with zero attached hydrogens (tertiary/aromatic N) is 3. The summed E-state index contributed by atoms with van der Waals surface area (Å²) in [5.74, 6) is -1.18. The van der Waals surface area contributed by atoms with Crippen LogP contribution in [0.1, 0.15) is 38.5 Å². The van der Waals surface area contributed by atoms with E-state index in [1.54, 1.807) is 24.4 Å². The van der Waals surface area contributed by atoms with Crippen molar-refractivity contribution in [3.63, 3.8) is 0 Å². The molecule has 1 amide bonds. The zero-order valence-electron chi connectivity index (χ0n) is 19.7. The van der Waals surface area contributed by atoms with E-state index in [9.17, 15) is 14.7 Å². The molecular weight excluding hydrogens is 469 g/mol. The number of carbonyl (C=O) groups is 2. The standard InChI is InChI=1S/C26H28FN3O4S/c1-30(25(33)18(14-22(31)32)13-16-7-3-4-8-16)26-29-23(24(27)35-26)20-10-6-5-9-19(20)17-11-12-21(34-2)28-15-17/h5-6,9-12,15-16,18H,3-4,7-8,13-14H2,1-2H3,(H,31,32). The summed E-state index contributed by atoms with van der Waals surface area (Å²) in [4.78, 5) is 34.7. The molecular formula is C26H28FN3O4S. The van der Waals surface area contributed by atoms with E-state index in [2.05, 4.69) is 9.97 Å². The van der Waals surface area contributed by atoms with E-state index in [1.165, 1.54) is 19.1 Å². The number of anilines is 1. The van der Waals surface area contributed by atoms with E-state index in [-0.39, 0.29) is 23.2 Å². The van der Waals surface area contributed by atoms with Crippen LogP contribution >= 0.6 is 11.3 Å². The van der Waals surface area contributed by atoms with Gasteiger partial charge in [0.25, 0.3) is 0 Å². The Hall–Kier alpha value is -3.33. The van der Waals surface area contributed by atoms with Crippen LogP contribution in [0.25, 0.3) is 22.4 Å². The van der Waals surface area contributed by atoms with Gasteiger partial charge in [0, 0.05) is 36.4 Å². The van der Waals surface area contributed by atoms with Crippen molar-refractivity contribution in [1.82, 2.24) is 9.97 Å². The summed E-state index contributed by atoms with van der Waals surface area (Å²) in [5.41, 5.74) is 2.24. The predicted molar refractivity (Wildman–Crippen MR) is 133 cm³/mol. The highest BCUT2D eigenvalue weighted by Gasteiger charge is 2.31. The third-order valence-electron chi connectivity index (χ3n) is 6.49. The Morgan fingerprint density at radius 3 is 2.54 bits per heavy atom. The summed E-state index contributed by atoms with van der Waals surface area (Å²) in [5, 5.41) is 9.06. The van der Waals surface area contributed by atoms with Crippen LogP contribution in [0, 0.1) is 17.0 Å². The van der Waals surface area contributed by atoms with Gasteiger partial charge in [-0.25, -0.2) is 9.97 Å². The fraction of sp³-hybridized carbons (Fsp3) is 0.385. The summed E-state index contributed by atoms with van der Waals surface area (Å²) < 4.78 is 20.3. The van der Waals surface area contributed by atoms with Crippen molar-refractivity contribution in [1.29, 1.82) is 0 Å². The first kappa shape index (κ1) is 24.8. The van der Waals surface area contributed by atoms with Crippen molar-refractivity contribution >= 4 is 28.3 Å². The van der Waals surface area contributed by atoms with Gasteiger partial charge in [0.05, 0.1) is 13.5 Å². The molecule has 1 N–H and O–H groups in total. The van der Waals surface area contributed by atoms with Gasteiger partial charge in [0.15, 0.2) is 5.13 Å². The maximum absolute atomic E-state index is 15.2. The van der Waals surface area contributed by atoms with Crippen molar-refractivity contribution in [3.05, 3.63) is 47.7 Å². The number of carboxylic acid groups (broad SMARTS) is 1. The normalized spacial score (nSPS) is 14.6. The first-order valence-corrected chi connectivity index (χ1v) is 12.4. The molecule has 4 rings (SSSR count). The molecule has 1 aliphatic carbocycles. The highest BCUT2D eigenvalue weighted by atomic mass is 32.1. The first-order chi connectivity index (χ1) is 16.9. The average molecular weight is 498 g/mol. The molecule has 2 aromatic heterocycles. The largest absolute Gasteiger partial charge is 0.481 e. The van der Waals surface area contributed by atoms with Gasteiger partial charge in [-0.1, -0.05) is 61.3 Å². The van der Waals surface area contributed by atoms with Crippen LogP contribution in [0.5, 0.6) is 5.88 Å². The first-order valence-electron chi connectivity index (χ1n) is 11.6. The monoisotopic (exact) mass is 497 g/mol. The summed E-state index contributed by atoms with van der Waals surface area (Å²) in [6.45, 7) is 0. The number of benzene rings is 1. The summed E-state index contributed by atoms with van der Waals surface area (Å²) in [6, 6.07) is 10.9. The molecule has 184 valence electrons. The second kappa shape index (κ2) is 10.9. The number of aromatic nitrogens is 2. The number of amides is 1. The molecule has 7 nitrogen and oxygen atoms in total. The van der Waals surface area contributed by atoms with Gasteiger partial charge in [-0.3, -0.25) is 14.5 Å². The lowest BCUT2D eigenvalue weighted by atomic mass is 9.90. The Morgan fingerprint density at radius 2 is 1.91 bits per heavy atom. The van der Waals surface area contributed by atoms with Gasteiger partial charge in [0.2, 0.25) is 16.9 Å². The quantitative estimate of drug-likeness (QED) is 0.410. The molecule has 9 heteroatoms. The number of halogens is 1. The van der Waals surface area contributed by atoms with E-state index in [0.717, 1.165) is 48.1 Å². The van der Waals surface area contributed by atoms with E-state index in [4.69, 9.17) is 4.74 Å². The Kier molecular flexibility index (Phi) is 7.75. The van der Waals surface area contributed by atoms with Crippen molar-refractivity contribution in [2.75, 3.05) is 19.1 Å². The van der Waals surface area contributed by atoms with Gasteiger partial charge >= 0.3 is 5.97 Å². The molecule has 1 saturated carbocycles. The molecule has 1 aliphatic rings. The molecule has 1 atom stereocenters. The fourth-order valence-electron chi connectivity index (χ4n) is 4.70. The van der Waals surface area contributed by atoms with Crippen LogP contribution in [-0.2, 0) is 9.59 Å². The number of carbonyl (C=O) groups excluding carboxylic acids is 1.